The van der Waals surface area contributed by atoms with Crippen LogP contribution in [0.25, 0.3) is 0 Å². The van der Waals surface area contributed by atoms with Crippen molar-refractivity contribution >= 4 is 5.69 Å². The maximum Gasteiger partial charge on any atom is 0.119 e. The van der Waals surface area contributed by atoms with Crippen LogP contribution in [-0.4, -0.2) is 25.6 Å². The standard InChI is InChI=1S/C20H24N2O/c1-22-11-3-4-17-19(13-5-7-14(21)8-6-13)16-10-9-15(23-2)12-18(16)20(17)22/h5-10,12,17,19-20H,3-4,11,21H2,1-2H3. The molecule has 2 aliphatic rings. The lowest BCUT2D eigenvalue weighted by molar-refractivity contribution is 0.126. The molecule has 3 unspecified atom stereocenters. The predicted octanol–water partition coefficient (Wildman–Crippen LogP) is 3.81. The summed E-state index contributed by atoms with van der Waals surface area (Å²) in [5.74, 6) is 2.06. The summed E-state index contributed by atoms with van der Waals surface area (Å²) >= 11 is 0. The summed E-state index contributed by atoms with van der Waals surface area (Å²) in [5.41, 5.74) is 11.0. The summed E-state index contributed by atoms with van der Waals surface area (Å²) in [6.45, 7) is 1.17. The molecule has 120 valence electrons. The lowest BCUT2D eigenvalue weighted by Crippen LogP contribution is -2.34. The molecule has 3 atom stereocenters. The fraction of sp³-hybridized carbons (Fsp3) is 0.400. The first kappa shape index (κ1) is 14.6. The molecule has 0 radical (unpaired) electrons. The molecule has 2 N–H and O–H groups in total. The Morgan fingerprint density at radius 1 is 1.09 bits per heavy atom. The van der Waals surface area contributed by atoms with Crippen LogP contribution in [0.5, 0.6) is 5.75 Å². The van der Waals surface area contributed by atoms with Gasteiger partial charge < -0.3 is 10.5 Å². The van der Waals surface area contributed by atoms with Crippen molar-refractivity contribution in [3.63, 3.8) is 0 Å². The van der Waals surface area contributed by atoms with Gasteiger partial charge in [-0.1, -0.05) is 18.2 Å². The summed E-state index contributed by atoms with van der Waals surface area (Å²) in [6, 6.07) is 15.6. The zero-order valence-electron chi connectivity index (χ0n) is 13.8. The highest BCUT2D eigenvalue weighted by molar-refractivity contribution is 5.51. The highest BCUT2D eigenvalue weighted by Crippen LogP contribution is 2.54. The molecule has 3 heteroatoms. The molecule has 23 heavy (non-hydrogen) atoms. The monoisotopic (exact) mass is 308 g/mol. The zero-order valence-corrected chi connectivity index (χ0v) is 13.8. The number of hydrogen-bond acceptors (Lipinski definition) is 3. The maximum atomic E-state index is 5.89. The smallest absolute Gasteiger partial charge is 0.119 e. The Morgan fingerprint density at radius 3 is 2.61 bits per heavy atom. The van der Waals surface area contributed by atoms with Crippen molar-refractivity contribution in [1.29, 1.82) is 0 Å². The van der Waals surface area contributed by atoms with Gasteiger partial charge in [-0.25, -0.2) is 0 Å². The van der Waals surface area contributed by atoms with Gasteiger partial charge in [0.15, 0.2) is 0 Å². The van der Waals surface area contributed by atoms with Crippen molar-refractivity contribution in [2.24, 2.45) is 5.92 Å². The van der Waals surface area contributed by atoms with E-state index in [1.54, 1.807) is 7.11 Å². The lowest BCUT2D eigenvalue weighted by atomic mass is 9.80. The van der Waals surface area contributed by atoms with E-state index in [1.807, 2.05) is 12.1 Å². The molecule has 0 aromatic heterocycles. The van der Waals surface area contributed by atoms with Gasteiger partial charge in [-0.05, 0) is 73.3 Å². The van der Waals surface area contributed by atoms with Crippen molar-refractivity contribution < 1.29 is 4.74 Å². The summed E-state index contributed by atoms with van der Waals surface area (Å²) in [5, 5.41) is 0. The van der Waals surface area contributed by atoms with E-state index < -0.39 is 0 Å². The van der Waals surface area contributed by atoms with Crippen LogP contribution in [0.2, 0.25) is 0 Å². The number of nitrogens with zero attached hydrogens (tertiary/aromatic N) is 1. The quantitative estimate of drug-likeness (QED) is 0.858. The SMILES string of the molecule is COc1ccc2c(c1)C1C(CCCN1C)C2c1ccc(N)cc1. The molecule has 3 nitrogen and oxygen atoms in total. The first-order chi connectivity index (χ1) is 11.2. The molecule has 0 spiro atoms. The van der Waals surface area contributed by atoms with Crippen LogP contribution in [0.3, 0.4) is 0 Å². The molecule has 1 aliphatic carbocycles. The molecule has 1 fully saturated rings. The summed E-state index contributed by atoms with van der Waals surface area (Å²) < 4.78 is 5.48. The third kappa shape index (κ3) is 2.31. The van der Waals surface area contributed by atoms with E-state index in [2.05, 4.69) is 42.3 Å². The van der Waals surface area contributed by atoms with E-state index in [1.165, 1.54) is 36.1 Å². The molecular weight excluding hydrogens is 284 g/mol. The molecule has 1 heterocycles. The third-order valence-electron chi connectivity index (χ3n) is 5.60. The van der Waals surface area contributed by atoms with Gasteiger partial charge in [0.25, 0.3) is 0 Å². The molecule has 0 amide bonds. The maximum absolute atomic E-state index is 5.89. The van der Waals surface area contributed by atoms with Gasteiger partial charge in [0.2, 0.25) is 0 Å². The van der Waals surface area contributed by atoms with Crippen LogP contribution in [0.15, 0.2) is 42.5 Å². The van der Waals surface area contributed by atoms with Gasteiger partial charge in [0.05, 0.1) is 7.11 Å². The summed E-state index contributed by atoms with van der Waals surface area (Å²) in [6.07, 6.45) is 2.55. The minimum atomic E-state index is 0.462. The number of likely N-dealkylation sites (tertiary alicyclic amines) is 1. The number of methoxy groups -OCH3 is 1. The average Bonchev–Trinajstić information content (AvgIpc) is 2.90. The number of benzene rings is 2. The van der Waals surface area contributed by atoms with E-state index in [0.717, 1.165) is 11.4 Å². The number of hydrogen-bond donors (Lipinski definition) is 1. The predicted molar refractivity (Wildman–Crippen MR) is 93.8 cm³/mol. The number of nitrogens with two attached hydrogens (primary N) is 1. The van der Waals surface area contributed by atoms with Gasteiger partial charge in [-0.3, -0.25) is 4.90 Å². The van der Waals surface area contributed by atoms with E-state index >= 15 is 0 Å². The van der Waals surface area contributed by atoms with Crippen molar-refractivity contribution in [3.05, 3.63) is 59.2 Å². The van der Waals surface area contributed by atoms with Gasteiger partial charge in [-0.15, -0.1) is 0 Å². The van der Waals surface area contributed by atoms with Crippen LogP contribution in [0.1, 0.15) is 41.5 Å². The summed E-state index contributed by atoms with van der Waals surface area (Å²) in [7, 11) is 4.00. The number of nitrogen functional groups attached to an aromatic ring is 1. The second-order valence-corrected chi connectivity index (χ2v) is 6.87. The fourth-order valence-electron chi connectivity index (χ4n) is 4.60. The number of ether oxygens (including phenoxy) is 1. The highest BCUT2D eigenvalue weighted by atomic mass is 16.5. The van der Waals surface area contributed by atoms with E-state index in [9.17, 15) is 0 Å². The van der Waals surface area contributed by atoms with Crippen LogP contribution >= 0.6 is 0 Å². The van der Waals surface area contributed by atoms with Gasteiger partial charge in [0.1, 0.15) is 5.75 Å². The first-order valence-corrected chi connectivity index (χ1v) is 8.42. The lowest BCUT2D eigenvalue weighted by Gasteiger charge is -2.37. The molecule has 1 saturated heterocycles. The molecule has 0 bridgehead atoms. The van der Waals surface area contributed by atoms with Gasteiger partial charge >= 0.3 is 0 Å². The van der Waals surface area contributed by atoms with E-state index in [0.29, 0.717) is 17.9 Å². The third-order valence-corrected chi connectivity index (χ3v) is 5.60. The number of anilines is 1. The highest BCUT2D eigenvalue weighted by Gasteiger charge is 2.44. The van der Waals surface area contributed by atoms with Crippen molar-refractivity contribution in [2.45, 2.75) is 24.8 Å². The van der Waals surface area contributed by atoms with Crippen molar-refractivity contribution in [3.8, 4) is 5.75 Å². The Kier molecular flexibility index (Phi) is 3.53. The molecule has 2 aromatic rings. The topological polar surface area (TPSA) is 38.5 Å². The molecule has 1 aliphatic heterocycles. The Hall–Kier alpha value is -2.00. The number of fused-ring (bicyclic) bond motifs is 3. The average molecular weight is 308 g/mol. The second kappa shape index (κ2) is 5.57. The largest absolute Gasteiger partial charge is 0.497 e. The number of rotatable bonds is 2. The minimum Gasteiger partial charge on any atom is -0.497 e. The van der Waals surface area contributed by atoms with Crippen LogP contribution in [0, 0.1) is 5.92 Å². The minimum absolute atomic E-state index is 0.462. The Balaban J connectivity index is 1.85. The molecule has 0 saturated carbocycles. The van der Waals surface area contributed by atoms with Crippen molar-refractivity contribution in [1.82, 2.24) is 4.90 Å². The van der Waals surface area contributed by atoms with Gasteiger partial charge in [-0.2, -0.15) is 0 Å². The first-order valence-electron chi connectivity index (χ1n) is 8.42. The fourth-order valence-corrected chi connectivity index (χ4v) is 4.60. The van der Waals surface area contributed by atoms with E-state index in [-0.39, 0.29) is 0 Å². The molecule has 4 rings (SSSR count). The Labute approximate surface area is 138 Å². The van der Waals surface area contributed by atoms with Gasteiger partial charge in [0, 0.05) is 17.6 Å². The van der Waals surface area contributed by atoms with Crippen molar-refractivity contribution in [2.75, 3.05) is 26.4 Å². The van der Waals surface area contributed by atoms with Crippen LogP contribution in [-0.2, 0) is 0 Å². The molecule has 2 aromatic carbocycles. The summed E-state index contributed by atoms with van der Waals surface area (Å²) in [4.78, 5) is 2.52. The van der Waals surface area contributed by atoms with Crippen LogP contribution in [0.4, 0.5) is 5.69 Å². The Morgan fingerprint density at radius 2 is 1.87 bits per heavy atom. The Bertz CT molecular complexity index is 710. The van der Waals surface area contributed by atoms with Crippen LogP contribution < -0.4 is 10.5 Å². The number of piperidine rings is 1. The normalized spacial score (nSPS) is 26.6. The second-order valence-electron chi connectivity index (χ2n) is 6.87. The van der Waals surface area contributed by atoms with E-state index in [4.69, 9.17) is 10.5 Å². The zero-order chi connectivity index (χ0) is 16.0. The molecular formula is C20H24N2O.